The van der Waals surface area contributed by atoms with Crippen molar-refractivity contribution in [3.05, 3.63) is 81.8 Å². The van der Waals surface area contributed by atoms with Gasteiger partial charge in [0.25, 0.3) is 5.91 Å². The van der Waals surface area contributed by atoms with Crippen molar-refractivity contribution < 1.29 is 9.18 Å². The molecule has 7 heteroatoms. The number of anilines is 1. The van der Waals surface area contributed by atoms with Crippen LogP contribution < -0.4 is 5.32 Å². The van der Waals surface area contributed by atoms with E-state index in [-0.39, 0.29) is 17.4 Å². The number of carbonyl (C=O) groups is 1. The number of aryl methyl sites for hydroxylation is 1. The zero-order valence-corrected chi connectivity index (χ0v) is 17.0. The number of halogens is 2. The molecule has 0 spiro atoms. The van der Waals surface area contributed by atoms with Crippen molar-refractivity contribution in [2.24, 2.45) is 0 Å². The molecule has 2 aromatic carbocycles. The predicted molar refractivity (Wildman–Crippen MR) is 109 cm³/mol. The Labute approximate surface area is 169 Å². The van der Waals surface area contributed by atoms with Crippen LogP contribution in [0.4, 0.5) is 10.1 Å². The second-order valence-electron chi connectivity index (χ2n) is 5.77. The molecule has 0 saturated heterocycles. The molecule has 0 aliphatic heterocycles. The molecule has 1 N–H and O–H groups in total. The lowest BCUT2D eigenvalue weighted by Crippen LogP contribution is -2.15. The van der Waals surface area contributed by atoms with Crippen molar-refractivity contribution >= 4 is 39.3 Å². The first-order chi connectivity index (χ1) is 13.0. The summed E-state index contributed by atoms with van der Waals surface area (Å²) >= 11 is 4.72. The smallest absolute Gasteiger partial charge is 0.275 e. The second-order valence-corrected chi connectivity index (χ2v) is 7.57. The third kappa shape index (κ3) is 5.37. The van der Waals surface area contributed by atoms with Gasteiger partial charge in [0.15, 0.2) is 5.16 Å². The van der Waals surface area contributed by atoms with Crippen LogP contribution in [0.25, 0.3) is 0 Å². The number of thioether (sulfide) groups is 1. The molecule has 4 nitrogen and oxygen atoms in total. The van der Waals surface area contributed by atoms with E-state index in [0.29, 0.717) is 21.1 Å². The van der Waals surface area contributed by atoms with Crippen LogP contribution in [0.1, 0.15) is 28.5 Å². The molecule has 0 aliphatic carbocycles. The van der Waals surface area contributed by atoms with E-state index in [1.165, 1.54) is 29.5 Å². The third-order valence-corrected chi connectivity index (χ3v) is 5.35. The molecule has 3 aromatic rings. The summed E-state index contributed by atoms with van der Waals surface area (Å²) in [7, 11) is 0. The highest BCUT2D eigenvalue weighted by atomic mass is 79.9. The maximum Gasteiger partial charge on any atom is 0.275 e. The van der Waals surface area contributed by atoms with Crippen molar-refractivity contribution in [2.75, 3.05) is 5.32 Å². The van der Waals surface area contributed by atoms with Gasteiger partial charge in [-0.05, 0) is 57.7 Å². The van der Waals surface area contributed by atoms with Gasteiger partial charge in [-0.2, -0.15) is 0 Å². The molecule has 0 fully saturated rings. The highest BCUT2D eigenvalue weighted by Crippen LogP contribution is 2.23. The Bertz CT molecular complexity index is 933. The Morgan fingerprint density at radius 3 is 2.44 bits per heavy atom. The molecule has 0 saturated carbocycles. The molecule has 0 atom stereocenters. The number of hydrogen-bond donors (Lipinski definition) is 1. The summed E-state index contributed by atoms with van der Waals surface area (Å²) < 4.78 is 13.5. The Morgan fingerprint density at radius 2 is 1.78 bits per heavy atom. The van der Waals surface area contributed by atoms with Crippen LogP contribution in [0.2, 0.25) is 0 Å². The van der Waals surface area contributed by atoms with Crippen molar-refractivity contribution in [1.82, 2.24) is 9.97 Å². The highest BCUT2D eigenvalue weighted by Gasteiger charge is 2.14. The van der Waals surface area contributed by atoms with E-state index in [4.69, 9.17) is 0 Å². The summed E-state index contributed by atoms with van der Waals surface area (Å²) in [4.78, 5) is 21.2. The fourth-order valence-electron chi connectivity index (χ4n) is 2.32. The maximum absolute atomic E-state index is 13.0. The largest absolute Gasteiger partial charge is 0.321 e. The average Bonchev–Trinajstić information content (AvgIpc) is 2.69. The van der Waals surface area contributed by atoms with Crippen LogP contribution in [-0.2, 0) is 12.2 Å². The van der Waals surface area contributed by atoms with E-state index in [9.17, 15) is 9.18 Å². The van der Waals surface area contributed by atoms with E-state index in [0.717, 1.165) is 12.0 Å². The monoisotopic (exact) mass is 445 g/mol. The van der Waals surface area contributed by atoms with Gasteiger partial charge in [-0.25, -0.2) is 14.4 Å². The van der Waals surface area contributed by atoms with Crippen LogP contribution >= 0.6 is 27.7 Å². The van der Waals surface area contributed by atoms with Gasteiger partial charge >= 0.3 is 0 Å². The molecule has 1 amide bonds. The minimum Gasteiger partial charge on any atom is -0.321 e. The fourth-order valence-corrected chi connectivity index (χ4v) is 3.46. The first-order valence-corrected chi connectivity index (χ1v) is 10.1. The fraction of sp³-hybridized carbons (Fsp3) is 0.150. The van der Waals surface area contributed by atoms with E-state index in [2.05, 4.69) is 38.1 Å². The normalized spacial score (nSPS) is 10.6. The number of aromatic nitrogens is 2. The number of carbonyl (C=O) groups excluding carboxylic acids is 1. The highest BCUT2D eigenvalue weighted by molar-refractivity contribution is 9.10. The van der Waals surface area contributed by atoms with E-state index in [1.54, 1.807) is 18.3 Å². The van der Waals surface area contributed by atoms with Gasteiger partial charge < -0.3 is 5.32 Å². The molecule has 138 valence electrons. The van der Waals surface area contributed by atoms with E-state index < -0.39 is 0 Å². The molecule has 27 heavy (non-hydrogen) atoms. The van der Waals surface area contributed by atoms with Gasteiger partial charge in [-0.15, -0.1) is 0 Å². The number of nitrogens with one attached hydrogen (secondary N) is 1. The molecule has 1 aromatic heterocycles. The SMILES string of the molecule is CCc1ccc(NC(=O)c2nc(SCc3ccc(F)cc3)ncc2Br)cc1. The summed E-state index contributed by atoms with van der Waals surface area (Å²) in [5.74, 6) is 0.00767. The van der Waals surface area contributed by atoms with Crippen LogP contribution in [0, 0.1) is 5.82 Å². The van der Waals surface area contributed by atoms with Crippen LogP contribution in [0.5, 0.6) is 0 Å². The van der Waals surface area contributed by atoms with Crippen LogP contribution in [0.3, 0.4) is 0 Å². The Balaban J connectivity index is 1.69. The maximum atomic E-state index is 13.0. The topological polar surface area (TPSA) is 54.9 Å². The molecule has 0 unspecified atom stereocenters. The quantitative estimate of drug-likeness (QED) is 0.402. The summed E-state index contributed by atoms with van der Waals surface area (Å²) in [6.07, 6.45) is 2.51. The lowest BCUT2D eigenvalue weighted by atomic mass is 10.1. The molecule has 0 aliphatic rings. The molecule has 3 rings (SSSR count). The van der Waals surface area contributed by atoms with E-state index >= 15 is 0 Å². The Morgan fingerprint density at radius 1 is 1.11 bits per heavy atom. The van der Waals surface area contributed by atoms with Gasteiger partial charge in [0.2, 0.25) is 0 Å². The van der Waals surface area contributed by atoms with Crippen molar-refractivity contribution in [2.45, 2.75) is 24.3 Å². The molecular weight excluding hydrogens is 429 g/mol. The van der Waals surface area contributed by atoms with Gasteiger partial charge in [0.1, 0.15) is 11.5 Å². The van der Waals surface area contributed by atoms with Crippen molar-refractivity contribution in [3.63, 3.8) is 0 Å². The summed E-state index contributed by atoms with van der Waals surface area (Å²) in [6, 6.07) is 14.0. The average molecular weight is 446 g/mol. The van der Waals surface area contributed by atoms with Gasteiger partial charge in [-0.3, -0.25) is 4.79 Å². The van der Waals surface area contributed by atoms with Crippen LogP contribution in [0.15, 0.2) is 64.4 Å². The first kappa shape index (κ1) is 19.5. The van der Waals surface area contributed by atoms with Gasteiger partial charge in [-0.1, -0.05) is 43.0 Å². The summed E-state index contributed by atoms with van der Waals surface area (Å²) in [5, 5.41) is 3.33. The molecule has 1 heterocycles. The minimum atomic E-state index is -0.308. The second kappa shape index (κ2) is 9.10. The molecule has 0 bridgehead atoms. The lowest BCUT2D eigenvalue weighted by molar-refractivity contribution is 0.102. The standard InChI is InChI=1S/C20H17BrFN3OS/c1-2-13-5-9-16(10-6-13)24-19(26)18-17(21)11-23-20(25-18)27-12-14-3-7-15(22)8-4-14/h3-11H,2,12H2,1H3,(H,24,26). The zero-order valence-electron chi connectivity index (χ0n) is 14.6. The minimum absolute atomic E-state index is 0.269. The van der Waals surface area contributed by atoms with Gasteiger partial charge in [0.05, 0.1) is 4.47 Å². The summed E-state index contributed by atoms with van der Waals surface area (Å²) in [5.41, 5.74) is 3.14. The Kier molecular flexibility index (Phi) is 6.58. The first-order valence-electron chi connectivity index (χ1n) is 8.35. The summed E-state index contributed by atoms with van der Waals surface area (Å²) in [6.45, 7) is 2.08. The third-order valence-electron chi connectivity index (χ3n) is 3.84. The number of hydrogen-bond acceptors (Lipinski definition) is 4. The predicted octanol–water partition coefficient (Wildman–Crippen LogP) is 5.49. The van der Waals surface area contributed by atoms with Crippen molar-refractivity contribution in [1.29, 1.82) is 0 Å². The Hall–Kier alpha value is -2.25. The zero-order chi connectivity index (χ0) is 19.2. The number of rotatable bonds is 6. The number of amides is 1. The number of benzene rings is 2. The van der Waals surface area contributed by atoms with Gasteiger partial charge in [0, 0.05) is 17.6 Å². The molecular formula is C20H17BrFN3OS. The molecule has 0 radical (unpaired) electrons. The number of nitrogens with zero attached hydrogens (tertiary/aromatic N) is 2. The van der Waals surface area contributed by atoms with Crippen LogP contribution in [-0.4, -0.2) is 15.9 Å². The van der Waals surface area contributed by atoms with Crippen molar-refractivity contribution in [3.8, 4) is 0 Å². The van der Waals surface area contributed by atoms with E-state index in [1.807, 2.05) is 24.3 Å². The lowest BCUT2D eigenvalue weighted by Gasteiger charge is -2.08.